The van der Waals surface area contributed by atoms with E-state index in [0.29, 0.717) is 13.0 Å². The van der Waals surface area contributed by atoms with E-state index in [9.17, 15) is 17.6 Å². The topological polar surface area (TPSA) is 74.7 Å². The number of carboxylic acids is 1. The fraction of sp³-hybridized carbons (Fsp3) is 0.417. The number of hydrogen-bond acceptors (Lipinski definition) is 4. The van der Waals surface area contributed by atoms with Crippen LogP contribution in [0.5, 0.6) is 0 Å². The lowest BCUT2D eigenvalue weighted by Crippen LogP contribution is -2.23. The van der Waals surface area contributed by atoms with Crippen molar-refractivity contribution in [3.05, 3.63) is 24.0 Å². The van der Waals surface area contributed by atoms with Gasteiger partial charge in [0.2, 0.25) is 0 Å². The average Bonchev–Trinajstić information content (AvgIpc) is 2.76. The first kappa shape index (κ1) is 13.8. The van der Waals surface area contributed by atoms with Crippen LogP contribution in [0.4, 0.5) is 10.1 Å². The van der Waals surface area contributed by atoms with Crippen molar-refractivity contribution in [3.63, 3.8) is 0 Å². The second kappa shape index (κ2) is 4.80. The number of nitrogens with zero attached hydrogens (tertiary/aromatic N) is 1. The van der Waals surface area contributed by atoms with Crippen LogP contribution in [0.15, 0.2) is 23.1 Å². The fourth-order valence-electron chi connectivity index (χ4n) is 2.16. The number of carbonyl (C=O) groups is 1. The van der Waals surface area contributed by atoms with Crippen LogP contribution >= 0.6 is 0 Å². The van der Waals surface area contributed by atoms with E-state index in [1.807, 2.05) is 0 Å². The molecule has 19 heavy (non-hydrogen) atoms. The summed E-state index contributed by atoms with van der Waals surface area (Å²) in [6.45, 7) is 0.691. The van der Waals surface area contributed by atoms with E-state index < -0.39 is 27.5 Å². The third-order valence-corrected chi connectivity index (χ3v) is 4.34. The zero-order chi connectivity index (χ0) is 14.2. The molecule has 2 rings (SSSR count). The summed E-state index contributed by atoms with van der Waals surface area (Å²) in [6, 6.07) is 3.69. The molecule has 1 aliphatic heterocycles. The Hall–Kier alpha value is -1.63. The van der Waals surface area contributed by atoms with E-state index in [-0.39, 0.29) is 17.1 Å². The van der Waals surface area contributed by atoms with Gasteiger partial charge in [0.25, 0.3) is 0 Å². The molecule has 1 unspecified atom stereocenters. The molecule has 1 atom stereocenters. The maximum Gasteiger partial charge on any atom is 0.308 e. The molecule has 1 N–H and O–H groups in total. The summed E-state index contributed by atoms with van der Waals surface area (Å²) in [5, 5.41) is 8.90. The number of sulfone groups is 1. The average molecular weight is 287 g/mol. The van der Waals surface area contributed by atoms with Crippen molar-refractivity contribution in [3.8, 4) is 0 Å². The van der Waals surface area contributed by atoms with Gasteiger partial charge < -0.3 is 10.0 Å². The van der Waals surface area contributed by atoms with Gasteiger partial charge in [-0.25, -0.2) is 12.8 Å². The minimum Gasteiger partial charge on any atom is -0.481 e. The Balaban J connectivity index is 2.26. The lowest BCUT2D eigenvalue weighted by Gasteiger charge is -2.19. The maximum atomic E-state index is 13.9. The lowest BCUT2D eigenvalue weighted by atomic mass is 10.1. The highest BCUT2D eigenvalue weighted by Gasteiger charge is 2.29. The van der Waals surface area contributed by atoms with Crippen molar-refractivity contribution >= 4 is 21.5 Å². The van der Waals surface area contributed by atoms with E-state index in [2.05, 4.69) is 0 Å². The van der Waals surface area contributed by atoms with Crippen LogP contribution in [0.1, 0.15) is 6.42 Å². The Morgan fingerprint density at radius 1 is 1.47 bits per heavy atom. The molecule has 0 radical (unpaired) electrons. The zero-order valence-corrected chi connectivity index (χ0v) is 11.2. The van der Waals surface area contributed by atoms with Gasteiger partial charge >= 0.3 is 5.97 Å². The molecule has 5 nitrogen and oxygen atoms in total. The molecule has 104 valence electrons. The van der Waals surface area contributed by atoms with Crippen LogP contribution in [0.3, 0.4) is 0 Å². The molecular weight excluding hydrogens is 273 g/mol. The van der Waals surface area contributed by atoms with Gasteiger partial charge in [-0.2, -0.15) is 0 Å². The van der Waals surface area contributed by atoms with Crippen molar-refractivity contribution in [2.24, 2.45) is 5.92 Å². The molecule has 0 amide bonds. The van der Waals surface area contributed by atoms with Gasteiger partial charge in [-0.05, 0) is 24.6 Å². The van der Waals surface area contributed by atoms with Crippen molar-refractivity contribution < 1.29 is 22.7 Å². The van der Waals surface area contributed by atoms with Gasteiger partial charge in [0, 0.05) is 19.3 Å². The second-order valence-electron chi connectivity index (χ2n) is 4.66. The van der Waals surface area contributed by atoms with Crippen molar-refractivity contribution in [2.45, 2.75) is 11.3 Å². The van der Waals surface area contributed by atoms with Crippen molar-refractivity contribution in [1.82, 2.24) is 0 Å². The number of hydrogen-bond donors (Lipinski definition) is 1. The molecule has 0 aliphatic carbocycles. The Bertz CT molecular complexity index is 614. The molecule has 0 aromatic heterocycles. The highest BCUT2D eigenvalue weighted by Crippen LogP contribution is 2.28. The summed E-state index contributed by atoms with van der Waals surface area (Å²) < 4.78 is 36.5. The van der Waals surface area contributed by atoms with Crippen LogP contribution in [-0.4, -0.2) is 38.8 Å². The van der Waals surface area contributed by atoms with Crippen LogP contribution in [-0.2, 0) is 14.6 Å². The SMILES string of the molecule is CS(=O)(=O)c1ccc(N2CCC(C(=O)O)C2)c(F)c1. The van der Waals surface area contributed by atoms with E-state index in [4.69, 9.17) is 5.11 Å². The normalized spacial score (nSPS) is 19.7. The smallest absolute Gasteiger partial charge is 0.308 e. The minimum absolute atomic E-state index is 0.0808. The predicted molar refractivity (Wildman–Crippen MR) is 67.5 cm³/mol. The number of halogens is 1. The predicted octanol–water partition coefficient (Wildman–Crippen LogP) is 1.14. The zero-order valence-electron chi connectivity index (χ0n) is 10.3. The lowest BCUT2D eigenvalue weighted by molar-refractivity contribution is -0.140. The molecule has 1 heterocycles. The summed E-state index contributed by atoms with van der Waals surface area (Å²) in [5.74, 6) is -2.04. The van der Waals surface area contributed by atoms with Crippen LogP contribution in [0.2, 0.25) is 0 Å². The summed E-state index contributed by atoms with van der Waals surface area (Å²) in [4.78, 5) is 12.4. The number of aliphatic carboxylic acids is 1. The first-order valence-corrected chi connectivity index (χ1v) is 7.65. The van der Waals surface area contributed by atoms with Gasteiger partial charge in [-0.1, -0.05) is 0 Å². The Labute approximate surface area is 110 Å². The molecule has 1 aromatic rings. The quantitative estimate of drug-likeness (QED) is 0.902. The van der Waals surface area contributed by atoms with Gasteiger partial charge in [0.15, 0.2) is 9.84 Å². The molecule has 7 heteroatoms. The summed E-state index contributed by atoms with van der Waals surface area (Å²) in [7, 11) is -3.44. The van der Waals surface area contributed by atoms with Gasteiger partial charge in [0.1, 0.15) is 5.82 Å². The van der Waals surface area contributed by atoms with Gasteiger partial charge in [-0.15, -0.1) is 0 Å². The third-order valence-electron chi connectivity index (χ3n) is 3.23. The van der Waals surface area contributed by atoms with Crippen molar-refractivity contribution in [1.29, 1.82) is 0 Å². The monoisotopic (exact) mass is 287 g/mol. The van der Waals surface area contributed by atoms with Crippen LogP contribution < -0.4 is 4.90 Å². The standard InChI is InChI=1S/C12H14FNO4S/c1-19(17,18)9-2-3-11(10(13)6-9)14-5-4-8(7-14)12(15)16/h2-3,6,8H,4-5,7H2,1H3,(H,15,16). The van der Waals surface area contributed by atoms with Gasteiger partial charge in [-0.3, -0.25) is 4.79 Å². The summed E-state index contributed by atoms with van der Waals surface area (Å²) >= 11 is 0. The molecule has 0 spiro atoms. The Morgan fingerprint density at radius 2 is 2.16 bits per heavy atom. The van der Waals surface area contributed by atoms with Crippen LogP contribution in [0, 0.1) is 11.7 Å². The highest BCUT2D eigenvalue weighted by atomic mass is 32.2. The first-order chi connectivity index (χ1) is 8.79. The summed E-state index contributed by atoms with van der Waals surface area (Å²) in [5.41, 5.74) is 0.246. The first-order valence-electron chi connectivity index (χ1n) is 5.76. The molecule has 1 saturated heterocycles. The van der Waals surface area contributed by atoms with Crippen LogP contribution in [0.25, 0.3) is 0 Å². The molecule has 0 bridgehead atoms. The largest absolute Gasteiger partial charge is 0.481 e. The third kappa shape index (κ3) is 2.86. The molecule has 0 saturated carbocycles. The van der Waals surface area contributed by atoms with Crippen molar-refractivity contribution in [2.75, 3.05) is 24.2 Å². The fourth-order valence-corrected chi connectivity index (χ4v) is 2.79. The molecule has 1 fully saturated rings. The van der Waals surface area contributed by atoms with E-state index in [1.165, 1.54) is 12.1 Å². The summed E-state index contributed by atoms with van der Waals surface area (Å²) in [6.07, 6.45) is 1.47. The Kier molecular flexibility index (Phi) is 3.49. The van der Waals surface area contributed by atoms with E-state index in [0.717, 1.165) is 12.3 Å². The highest BCUT2D eigenvalue weighted by molar-refractivity contribution is 7.90. The minimum atomic E-state index is -3.44. The number of benzene rings is 1. The van der Waals surface area contributed by atoms with E-state index >= 15 is 0 Å². The van der Waals surface area contributed by atoms with E-state index in [1.54, 1.807) is 4.90 Å². The number of anilines is 1. The second-order valence-corrected chi connectivity index (χ2v) is 6.67. The number of rotatable bonds is 3. The number of carboxylic acid groups (broad SMARTS) is 1. The Morgan fingerprint density at radius 3 is 2.63 bits per heavy atom. The molecule has 1 aliphatic rings. The molecular formula is C12H14FNO4S. The maximum absolute atomic E-state index is 13.9. The molecule has 1 aromatic carbocycles. The van der Waals surface area contributed by atoms with Gasteiger partial charge in [0.05, 0.1) is 16.5 Å².